The molecule has 0 bridgehead atoms. The zero-order valence-electron chi connectivity index (χ0n) is 9.37. The van der Waals surface area contributed by atoms with E-state index in [0.717, 1.165) is 5.69 Å². The second kappa shape index (κ2) is 3.57. The van der Waals surface area contributed by atoms with Gasteiger partial charge in [0.05, 0.1) is 0 Å². The van der Waals surface area contributed by atoms with Crippen molar-refractivity contribution in [1.29, 1.82) is 0 Å². The van der Waals surface area contributed by atoms with Crippen molar-refractivity contribution in [1.82, 2.24) is 4.90 Å². The number of anilines is 1. The molecule has 2 rings (SSSR count). The lowest BCUT2D eigenvalue weighted by Gasteiger charge is -2.26. The summed E-state index contributed by atoms with van der Waals surface area (Å²) in [5.41, 5.74) is 3.46. The van der Waals surface area contributed by atoms with Gasteiger partial charge in [-0.15, -0.1) is 0 Å². The summed E-state index contributed by atoms with van der Waals surface area (Å²) >= 11 is 0. The quantitative estimate of drug-likeness (QED) is 0.749. The molecular weight excluding hydrogens is 188 g/mol. The highest BCUT2D eigenvalue weighted by Crippen LogP contribution is 2.26. The van der Waals surface area contributed by atoms with Crippen LogP contribution in [-0.2, 0) is 6.54 Å². The molecule has 2 amide bonds. The Morgan fingerprint density at radius 3 is 2.80 bits per heavy atom. The van der Waals surface area contributed by atoms with Gasteiger partial charge in [0.25, 0.3) is 0 Å². The molecule has 0 atom stereocenters. The molecule has 0 aliphatic carbocycles. The van der Waals surface area contributed by atoms with Crippen molar-refractivity contribution in [3.8, 4) is 0 Å². The van der Waals surface area contributed by atoms with Gasteiger partial charge in [-0.1, -0.05) is 26.0 Å². The van der Waals surface area contributed by atoms with Crippen molar-refractivity contribution in [3.63, 3.8) is 0 Å². The average molecular weight is 204 g/mol. The maximum absolute atomic E-state index is 11.4. The second-order valence-electron chi connectivity index (χ2n) is 4.36. The number of hydrogen-bond donors (Lipinski definition) is 1. The zero-order valence-corrected chi connectivity index (χ0v) is 9.37. The first-order valence-corrected chi connectivity index (χ1v) is 5.23. The Kier molecular flexibility index (Phi) is 2.39. The largest absolute Gasteiger partial charge is 0.323 e. The fourth-order valence-corrected chi connectivity index (χ4v) is 1.76. The van der Waals surface area contributed by atoms with Gasteiger partial charge in [0.15, 0.2) is 0 Å². The van der Waals surface area contributed by atoms with Gasteiger partial charge < -0.3 is 10.2 Å². The molecular formula is C12H16N2O. The van der Waals surface area contributed by atoms with Crippen LogP contribution in [0.5, 0.6) is 0 Å². The van der Waals surface area contributed by atoms with Crippen LogP contribution < -0.4 is 5.32 Å². The van der Waals surface area contributed by atoms with Gasteiger partial charge in [-0.05, 0) is 23.1 Å². The number of benzene rings is 1. The molecule has 3 nitrogen and oxygen atoms in total. The summed E-state index contributed by atoms with van der Waals surface area (Å²) in [4.78, 5) is 13.1. The minimum Gasteiger partial charge on any atom is -0.323 e. The number of fused-ring (bicyclic) bond motifs is 1. The van der Waals surface area contributed by atoms with Crippen molar-refractivity contribution >= 4 is 11.7 Å². The zero-order chi connectivity index (χ0) is 11.0. The highest BCUT2D eigenvalue weighted by Gasteiger charge is 2.19. The van der Waals surface area contributed by atoms with Crippen molar-refractivity contribution in [3.05, 3.63) is 29.3 Å². The number of amides is 2. The number of carbonyl (C=O) groups is 1. The van der Waals surface area contributed by atoms with E-state index in [1.807, 2.05) is 6.07 Å². The van der Waals surface area contributed by atoms with Gasteiger partial charge >= 0.3 is 6.03 Å². The van der Waals surface area contributed by atoms with E-state index in [4.69, 9.17) is 0 Å². The molecule has 1 heterocycles. The van der Waals surface area contributed by atoms with Crippen molar-refractivity contribution < 1.29 is 4.79 Å². The highest BCUT2D eigenvalue weighted by atomic mass is 16.2. The van der Waals surface area contributed by atoms with Gasteiger partial charge in [0.1, 0.15) is 0 Å². The van der Waals surface area contributed by atoms with Gasteiger partial charge in [-0.2, -0.15) is 0 Å². The molecule has 0 saturated heterocycles. The second-order valence-corrected chi connectivity index (χ2v) is 4.36. The molecule has 1 aromatic carbocycles. The summed E-state index contributed by atoms with van der Waals surface area (Å²) in [5, 5.41) is 2.86. The van der Waals surface area contributed by atoms with E-state index >= 15 is 0 Å². The third kappa shape index (κ3) is 1.82. The standard InChI is InChI=1S/C12H16N2O/c1-8(2)9-4-5-11-10(6-9)7-14(3)12(15)13-11/h4-6,8H,7H2,1-3H3,(H,13,15). The summed E-state index contributed by atoms with van der Waals surface area (Å²) in [7, 11) is 1.81. The van der Waals surface area contributed by atoms with Crippen molar-refractivity contribution in [2.24, 2.45) is 0 Å². The van der Waals surface area contributed by atoms with Gasteiger partial charge in [0.2, 0.25) is 0 Å². The Balaban J connectivity index is 2.37. The third-order valence-electron chi connectivity index (χ3n) is 2.79. The summed E-state index contributed by atoms with van der Waals surface area (Å²) < 4.78 is 0. The molecule has 0 aromatic heterocycles. The maximum atomic E-state index is 11.4. The molecule has 1 aliphatic rings. The van der Waals surface area contributed by atoms with Crippen LogP contribution in [-0.4, -0.2) is 18.0 Å². The SMILES string of the molecule is CC(C)c1ccc2c(c1)CN(C)C(=O)N2. The first-order chi connectivity index (χ1) is 7.08. The van der Waals surface area contributed by atoms with E-state index in [2.05, 4.69) is 31.3 Å². The van der Waals surface area contributed by atoms with E-state index in [1.165, 1.54) is 11.1 Å². The summed E-state index contributed by atoms with van der Waals surface area (Å²) in [6.45, 7) is 5.04. The number of rotatable bonds is 1. The normalized spacial score (nSPS) is 15.2. The van der Waals surface area contributed by atoms with Crippen molar-refractivity contribution in [2.45, 2.75) is 26.3 Å². The number of nitrogens with zero attached hydrogens (tertiary/aromatic N) is 1. The van der Waals surface area contributed by atoms with E-state index in [1.54, 1.807) is 11.9 Å². The Bertz CT molecular complexity index is 399. The molecule has 0 unspecified atom stereocenters. The van der Waals surface area contributed by atoms with E-state index in [-0.39, 0.29) is 6.03 Å². The maximum Gasteiger partial charge on any atom is 0.321 e. The lowest BCUT2D eigenvalue weighted by atomic mass is 9.99. The topological polar surface area (TPSA) is 32.3 Å². The molecule has 15 heavy (non-hydrogen) atoms. The molecule has 0 saturated carbocycles. The first-order valence-electron chi connectivity index (χ1n) is 5.23. The van der Waals surface area contributed by atoms with Gasteiger partial charge in [-0.25, -0.2) is 4.79 Å². The van der Waals surface area contributed by atoms with Crippen LogP contribution in [0.15, 0.2) is 18.2 Å². The molecule has 1 N–H and O–H groups in total. The monoisotopic (exact) mass is 204 g/mol. The average Bonchev–Trinajstić information content (AvgIpc) is 2.19. The number of urea groups is 1. The minimum absolute atomic E-state index is 0.0280. The molecule has 80 valence electrons. The summed E-state index contributed by atoms with van der Waals surface area (Å²) in [5.74, 6) is 0.526. The smallest absolute Gasteiger partial charge is 0.321 e. The predicted octanol–water partition coefficient (Wildman–Crippen LogP) is 2.79. The first kappa shape index (κ1) is 10.0. The van der Waals surface area contributed by atoms with E-state index < -0.39 is 0 Å². The third-order valence-corrected chi connectivity index (χ3v) is 2.79. The van der Waals surface area contributed by atoms with Gasteiger partial charge in [-0.3, -0.25) is 0 Å². The van der Waals surface area contributed by atoms with Crippen molar-refractivity contribution in [2.75, 3.05) is 12.4 Å². The number of hydrogen-bond acceptors (Lipinski definition) is 1. The lowest BCUT2D eigenvalue weighted by molar-refractivity contribution is 0.218. The fourth-order valence-electron chi connectivity index (χ4n) is 1.76. The van der Waals surface area contributed by atoms with Crippen LogP contribution in [0.4, 0.5) is 10.5 Å². The molecule has 0 radical (unpaired) electrons. The van der Waals surface area contributed by atoms with Crippen LogP contribution >= 0.6 is 0 Å². The predicted molar refractivity (Wildman–Crippen MR) is 61.0 cm³/mol. The molecule has 3 heteroatoms. The van der Waals surface area contributed by atoms with E-state index in [9.17, 15) is 4.79 Å². The van der Waals surface area contributed by atoms with E-state index in [0.29, 0.717) is 12.5 Å². The van der Waals surface area contributed by atoms with Crippen LogP contribution in [0.3, 0.4) is 0 Å². The molecule has 0 spiro atoms. The van der Waals surface area contributed by atoms with Crippen LogP contribution in [0.1, 0.15) is 30.9 Å². The minimum atomic E-state index is -0.0280. The Hall–Kier alpha value is -1.51. The molecule has 0 fully saturated rings. The highest BCUT2D eigenvalue weighted by molar-refractivity contribution is 5.92. The summed E-state index contributed by atoms with van der Waals surface area (Å²) in [6.07, 6.45) is 0. The van der Waals surface area contributed by atoms with Crippen LogP contribution in [0, 0.1) is 0 Å². The van der Waals surface area contributed by atoms with Crippen LogP contribution in [0.2, 0.25) is 0 Å². The fraction of sp³-hybridized carbons (Fsp3) is 0.417. The number of nitrogens with one attached hydrogen (secondary N) is 1. The lowest BCUT2D eigenvalue weighted by Crippen LogP contribution is -2.35. The Morgan fingerprint density at radius 1 is 1.40 bits per heavy atom. The Morgan fingerprint density at radius 2 is 2.13 bits per heavy atom. The number of carbonyl (C=O) groups excluding carboxylic acids is 1. The molecule has 1 aliphatic heterocycles. The van der Waals surface area contributed by atoms with Gasteiger partial charge in [0, 0.05) is 19.3 Å². The van der Waals surface area contributed by atoms with Crippen LogP contribution in [0.25, 0.3) is 0 Å². The molecule has 1 aromatic rings. The Labute approximate surface area is 90.1 Å². The summed E-state index contributed by atoms with van der Waals surface area (Å²) in [6, 6.07) is 6.22.